The Morgan fingerprint density at radius 3 is 2.76 bits per heavy atom. The highest BCUT2D eigenvalue weighted by atomic mass is 35.5. The molecule has 21 heavy (non-hydrogen) atoms. The lowest BCUT2D eigenvalue weighted by molar-refractivity contribution is -0.0503. The molecule has 0 bridgehead atoms. The third-order valence-corrected chi connectivity index (χ3v) is 3.60. The second-order valence-electron chi connectivity index (χ2n) is 3.84. The zero-order valence-corrected chi connectivity index (χ0v) is 12.0. The van der Waals surface area contributed by atoms with Crippen molar-refractivity contribution in [3.63, 3.8) is 0 Å². The van der Waals surface area contributed by atoms with Gasteiger partial charge in [0.2, 0.25) is 5.76 Å². The topological polar surface area (TPSA) is 59.7 Å². The lowest BCUT2D eigenvalue weighted by atomic mass is 10.2. The SMILES string of the molecule is O=C(O)c1ccc(SCc2cc(Cl)ccc2OC(F)F)o1. The Morgan fingerprint density at radius 1 is 1.38 bits per heavy atom. The minimum absolute atomic E-state index is 0.0203. The number of benzene rings is 1. The van der Waals surface area contributed by atoms with Crippen molar-refractivity contribution in [2.24, 2.45) is 0 Å². The predicted octanol–water partition coefficient (Wildman–Crippen LogP) is 4.52. The maximum absolute atomic E-state index is 12.3. The Labute approximate surface area is 127 Å². The van der Waals surface area contributed by atoms with Crippen LogP contribution in [0.3, 0.4) is 0 Å². The van der Waals surface area contributed by atoms with Crippen molar-refractivity contribution >= 4 is 29.3 Å². The van der Waals surface area contributed by atoms with E-state index in [1.165, 1.54) is 30.3 Å². The lowest BCUT2D eigenvalue weighted by Crippen LogP contribution is -2.04. The predicted molar refractivity (Wildman–Crippen MR) is 73.3 cm³/mol. The smallest absolute Gasteiger partial charge is 0.387 e. The van der Waals surface area contributed by atoms with E-state index >= 15 is 0 Å². The van der Waals surface area contributed by atoms with Gasteiger partial charge in [-0.25, -0.2) is 4.79 Å². The first kappa shape index (κ1) is 15.7. The average molecular weight is 335 g/mol. The number of aromatic carboxylic acids is 1. The number of furan rings is 1. The molecule has 4 nitrogen and oxygen atoms in total. The first-order valence-electron chi connectivity index (χ1n) is 5.65. The van der Waals surface area contributed by atoms with E-state index in [0.717, 1.165) is 11.8 Å². The van der Waals surface area contributed by atoms with Gasteiger partial charge in [0, 0.05) is 16.3 Å². The number of halogens is 3. The number of ether oxygens (including phenoxy) is 1. The Hall–Kier alpha value is -1.73. The van der Waals surface area contributed by atoms with Crippen LogP contribution in [-0.4, -0.2) is 17.7 Å². The van der Waals surface area contributed by atoms with Gasteiger partial charge in [0.05, 0.1) is 0 Å². The van der Waals surface area contributed by atoms with Gasteiger partial charge < -0.3 is 14.3 Å². The molecule has 0 aliphatic carbocycles. The molecule has 0 saturated heterocycles. The normalized spacial score (nSPS) is 10.9. The molecule has 2 aromatic rings. The van der Waals surface area contributed by atoms with Crippen LogP contribution in [0, 0.1) is 0 Å². The molecule has 0 unspecified atom stereocenters. The quantitative estimate of drug-likeness (QED) is 0.787. The highest BCUT2D eigenvalue weighted by molar-refractivity contribution is 7.98. The summed E-state index contributed by atoms with van der Waals surface area (Å²) in [5.41, 5.74) is 0.459. The van der Waals surface area contributed by atoms with Crippen LogP contribution in [0.25, 0.3) is 0 Å². The van der Waals surface area contributed by atoms with Gasteiger partial charge in [-0.3, -0.25) is 0 Å². The molecule has 0 aliphatic rings. The maximum atomic E-state index is 12.3. The van der Waals surface area contributed by atoms with Crippen LogP contribution < -0.4 is 4.74 Å². The molecule has 112 valence electrons. The van der Waals surface area contributed by atoms with Crippen molar-refractivity contribution in [2.75, 3.05) is 0 Å². The van der Waals surface area contributed by atoms with E-state index in [4.69, 9.17) is 21.1 Å². The zero-order valence-electron chi connectivity index (χ0n) is 10.4. The van der Waals surface area contributed by atoms with Gasteiger partial charge in [0.15, 0.2) is 5.09 Å². The summed E-state index contributed by atoms with van der Waals surface area (Å²) < 4.78 is 34.1. The molecule has 1 heterocycles. The number of carboxylic acid groups (broad SMARTS) is 1. The molecule has 0 amide bonds. The van der Waals surface area contributed by atoms with Crippen molar-refractivity contribution in [3.05, 3.63) is 46.7 Å². The molecule has 0 radical (unpaired) electrons. The van der Waals surface area contributed by atoms with Crippen molar-refractivity contribution in [2.45, 2.75) is 17.5 Å². The Morgan fingerprint density at radius 2 is 2.14 bits per heavy atom. The molecule has 8 heteroatoms. The molecule has 1 N–H and O–H groups in total. The maximum Gasteiger partial charge on any atom is 0.387 e. The number of rotatable bonds is 6. The second kappa shape index (κ2) is 6.82. The fraction of sp³-hybridized carbons (Fsp3) is 0.154. The Kier molecular flexibility index (Phi) is 5.08. The highest BCUT2D eigenvalue weighted by Crippen LogP contribution is 2.31. The van der Waals surface area contributed by atoms with Crippen molar-refractivity contribution < 1.29 is 27.8 Å². The van der Waals surface area contributed by atoms with Crippen LogP contribution in [-0.2, 0) is 5.75 Å². The van der Waals surface area contributed by atoms with Crippen molar-refractivity contribution in [3.8, 4) is 5.75 Å². The number of hydrogen-bond donors (Lipinski definition) is 1. The molecule has 0 saturated carbocycles. The largest absolute Gasteiger partial charge is 0.475 e. The lowest BCUT2D eigenvalue weighted by Gasteiger charge is -2.10. The molecule has 0 fully saturated rings. The summed E-state index contributed by atoms with van der Waals surface area (Å²) in [6, 6.07) is 7.12. The standard InChI is InChI=1S/C13H9ClF2O4S/c14-8-1-2-9(20-13(15)16)7(5-8)6-21-11-4-3-10(19-11)12(17)18/h1-5,13H,6H2,(H,17,18). The van der Waals surface area contributed by atoms with Crippen LogP contribution >= 0.6 is 23.4 Å². The van der Waals surface area contributed by atoms with E-state index < -0.39 is 12.6 Å². The van der Waals surface area contributed by atoms with Crippen LogP contribution in [0.1, 0.15) is 16.1 Å². The number of carbonyl (C=O) groups is 1. The van der Waals surface area contributed by atoms with Gasteiger partial charge >= 0.3 is 12.6 Å². The van der Waals surface area contributed by atoms with E-state index in [9.17, 15) is 13.6 Å². The third-order valence-electron chi connectivity index (χ3n) is 2.40. The van der Waals surface area contributed by atoms with Gasteiger partial charge in [0.25, 0.3) is 0 Å². The summed E-state index contributed by atoms with van der Waals surface area (Å²) in [5, 5.41) is 9.48. The van der Waals surface area contributed by atoms with Gasteiger partial charge in [-0.1, -0.05) is 23.4 Å². The molecule has 1 aromatic carbocycles. The van der Waals surface area contributed by atoms with Gasteiger partial charge in [0.1, 0.15) is 5.75 Å². The van der Waals surface area contributed by atoms with Gasteiger partial charge in [-0.2, -0.15) is 8.78 Å². The van der Waals surface area contributed by atoms with E-state index in [1.807, 2.05) is 0 Å². The number of thioether (sulfide) groups is 1. The minimum atomic E-state index is -2.93. The summed E-state index contributed by atoms with van der Waals surface area (Å²) in [7, 11) is 0. The molecule has 0 aliphatic heterocycles. The minimum Gasteiger partial charge on any atom is -0.475 e. The number of hydrogen-bond acceptors (Lipinski definition) is 4. The van der Waals surface area contributed by atoms with Crippen LogP contribution in [0.15, 0.2) is 39.8 Å². The molecular formula is C13H9ClF2O4S. The van der Waals surface area contributed by atoms with Crippen molar-refractivity contribution in [1.82, 2.24) is 0 Å². The molecule has 1 aromatic heterocycles. The average Bonchev–Trinajstić information content (AvgIpc) is 2.87. The summed E-state index contributed by atoms with van der Waals surface area (Å²) in [6.07, 6.45) is 0. The van der Waals surface area contributed by atoms with Crippen molar-refractivity contribution in [1.29, 1.82) is 0 Å². The molecule has 2 rings (SSSR count). The first-order valence-corrected chi connectivity index (χ1v) is 7.01. The second-order valence-corrected chi connectivity index (χ2v) is 5.26. The number of carboxylic acids is 1. The van der Waals surface area contributed by atoms with E-state index in [-0.39, 0.29) is 17.3 Å². The van der Waals surface area contributed by atoms with Crippen LogP contribution in [0.4, 0.5) is 8.78 Å². The Bertz CT molecular complexity index is 645. The summed E-state index contributed by atoms with van der Waals surface area (Å²) >= 11 is 6.98. The third kappa shape index (κ3) is 4.37. The Balaban J connectivity index is 2.10. The molecule has 0 spiro atoms. The van der Waals surface area contributed by atoms with E-state index in [1.54, 1.807) is 0 Å². The zero-order chi connectivity index (χ0) is 15.4. The van der Waals surface area contributed by atoms with Crippen LogP contribution in [0.5, 0.6) is 5.75 Å². The number of alkyl halides is 2. The monoisotopic (exact) mass is 334 g/mol. The summed E-state index contributed by atoms with van der Waals surface area (Å²) in [5.74, 6) is -1.10. The fourth-order valence-electron chi connectivity index (χ4n) is 1.53. The van der Waals surface area contributed by atoms with Crippen LogP contribution in [0.2, 0.25) is 5.02 Å². The van der Waals surface area contributed by atoms with Gasteiger partial charge in [-0.05, 0) is 30.3 Å². The van der Waals surface area contributed by atoms with E-state index in [2.05, 4.69) is 4.74 Å². The van der Waals surface area contributed by atoms with E-state index in [0.29, 0.717) is 15.7 Å². The molecule has 0 atom stereocenters. The summed E-state index contributed by atoms with van der Waals surface area (Å²) in [4.78, 5) is 10.7. The fourth-order valence-corrected chi connectivity index (χ4v) is 2.56. The summed E-state index contributed by atoms with van der Waals surface area (Å²) in [6.45, 7) is -2.93. The first-order chi connectivity index (χ1) is 9.95. The van der Waals surface area contributed by atoms with Gasteiger partial charge in [-0.15, -0.1) is 0 Å². The highest BCUT2D eigenvalue weighted by Gasteiger charge is 2.13. The molecular weight excluding hydrogens is 326 g/mol.